The highest BCUT2D eigenvalue weighted by Crippen LogP contribution is 2.13. The number of anilines is 1. The lowest BCUT2D eigenvalue weighted by Crippen LogP contribution is -2.36. The number of hydrogen-bond donors (Lipinski definition) is 1. The molecule has 0 aliphatic rings. The molecule has 0 spiro atoms. The van der Waals surface area contributed by atoms with Gasteiger partial charge in [-0.15, -0.1) is 0 Å². The van der Waals surface area contributed by atoms with Crippen LogP contribution in [0, 0.1) is 0 Å². The zero-order valence-electron chi connectivity index (χ0n) is 12.6. The summed E-state index contributed by atoms with van der Waals surface area (Å²) in [5.41, 5.74) is 1.11. The predicted molar refractivity (Wildman–Crippen MR) is 80.4 cm³/mol. The lowest BCUT2D eigenvalue weighted by atomic mass is 10.1. The van der Waals surface area contributed by atoms with Gasteiger partial charge in [-0.2, -0.15) is 0 Å². The third kappa shape index (κ3) is 5.17. The molecule has 1 rings (SSSR count). The highest BCUT2D eigenvalue weighted by Gasteiger charge is 2.15. The van der Waals surface area contributed by atoms with E-state index in [9.17, 15) is 0 Å². The molecule has 0 unspecified atom stereocenters. The van der Waals surface area contributed by atoms with E-state index in [2.05, 4.69) is 41.2 Å². The Balaban J connectivity index is 2.74. The van der Waals surface area contributed by atoms with Gasteiger partial charge in [0.1, 0.15) is 5.82 Å². The Bertz CT molecular complexity index is 353. The third-order valence-corrected chi connectivity index (χ3v) is 3.47. The molecule has 0 atom stereocenters. The second kappa shape index (κ2) is 8.88. The summed E-state index contributed by atoms with van der Waals surface area (Å²) in [6, 6.07) is 6.72. The van der Waals surface area contributed by atoms with Crippen molar-refractivity contribution in [3.8, 4) is 0 Å². The second-order valence-electron chi connectivity index (χ2n) is 4.70. The van der Waals surface area contributed by atoms with Crippen LogP contribution >= 0.6 is 0 Å². The maximum absolute atomic E-state index is 5.22. The SMILES string of the molecule is CCC(CC)N(CCOC)Cc1cccc(NC)n1. The Morgan fingerprint density at radius 2 is 2.05 bits per heavy atom. The molecule has 1 N–H and O–H groups in total. The van der Waals surface area contributed by atoms with Gasteiger partial charge in [0.05, 0.1) is 12.3 Å². The number of aromatic nitrogens is 1. The topological polar surface area (TPSA) is 37.4 Å². The van der Waals surface area contributed by atoms with Gasteiger partial charge in [-0.05, 0) is 25.0 Å². The van der Waals surface area contributed by atoms with Crippen molar-refractivity contribution in [2.45, 2.75) is 39.3 Å². The number of hydrogen-bond acceptors (Lipinski definition) is 4. The first kappa shape index (κ1) is 15.9. The summed E-state index contributed by atoms with van der Waals surface area (Å²) in [6.07, 6.45) is 2.32. The Labute approximate surface area is 117 Å². The fourth-order valence-corrected chi connectivity index (χ4v) is 2.32. The van der Waals surface area contributed by atoms with Gasteiger partial charge in [-0.3, -0.25) is 4.90 Å². The van der Waals surface area contributed by atoms with Crippen LogP contribution in [-0.4, -0.2) is 43.2 Å². The van der Waals surface area contributed by atoms with E-state index in [-0.39, 0.29) is 0 Å². The van der Waals surface area contributed by atoms with Gasteiger partial charge in [0.2, 0.25) is 0 Å². The molecule has 0 radical (unpaired) electrons. The lowest BCUT2D eigenvalue weighted by molar-refractivity contribution is 0.109. The van der Waals surface area contributed by atoms with E-state index in [1.54, 1.807) is 7.11 Å². The number of nitrogens with zero attached hydrogens (tertiary/aromatic N) is 2. The van der Waals surface area contributed by atoms with Crippen LogP contribution < -0.4 is 5.32 Å². The number of methoxy groups -OCH3 is 1. The summed E-state index contributed by atoms with van der Waals surface area (Å²) in [7, 11) is 3.65. The standard InChI is InChI=1S/C15H27N3O/c1-5-14(6-2)18(10-11-19-4)12-13-8-7-9-15(16-3)17-13/h7-9,14H,5-6,10-12H2,1-4H3,(H,16,17). The molecule has 0 aliphatic heterocycles. The van der Waals surface area contributed by atoms with E-state index in [1.807, 2.05) is 13.1 Å². The minimum atomic E-state index is 0.593. The zero-order valence-corrected chi connectivity index (χ0v) is 12.6. The largest absolute Gasteiger partial charge is 0.383 e. The normalized spacial score (nSPS) is 11.3. The summed E-state index contributed by atoms with van der Waals surface area (Å²) in [4.78, 5) is 7.06. The van der Waals surface area contributed by atoms with Crippen LogP contribution in [0.2, 0.25) is 0 Å². The number of ether oxygens (including phenoxy) is 1. The molecule has 19 heavy (non-hydrogen) atoms. The Morgan fingerprint density at radius 3 is 2.63 bits per heavy atom. The van der Waals surface area contributed by atoms with Gasteiger partial charge in [-0.25, -0.2) is 4.98 Å². The monoisotopic (exact) mass is 265 g/mol. The fourth-order valence-electron chi connectivity index (χ4n) is 2.32. The van der Waals surface area contributed by atoms with Crippen LogP contribution in [0.15, 0.2) is 18.2 Å². The highest BCUT2D eigenvalue weighted by molar-refractivity contribution is 5.34. The maximum Gasteiger partial charge on any atom is 0.126 e. The summed E-state index contributed by atoms with van der Waals surface area (Å²) >= 11 is 0. The van der Waals surface area contributed by atoms with Crippen LogP contribution in [0.3, 0.4) is 0 Å². The summed E-state index contributed by atoms with van der Waals surface area (Å²) in [5, 5.41) is 3.09. The Kier molecular flexibility index (Phi) is 7.45. The zero-order chi connectivity index (χ0) is 14.1. The Morgan fingerprint density at radius 1 is 1.32 bits per heavy atom. The van der Waals surface area contributed by atoms with Crippen LogP contribution in [0.1, 0.15) is 32.4 Å². The van der Waals surface area contributed by atoms with Gasteiger partial charge in [0.15, 0.2) is 0 Å². The average molecular weight is 265 g/mol. The summed E-state index contributed by atoms with van der Waals surface area (Å²) in [5.74, 6) is 0.925. The van der Waals surface area contributed by atoms with Crippen LogP contribution in [-0.2, 0) is 11.3 Å². The molecule has 1 aromatic heterocycles. The first-order valence-electron chi connectivity index (χ1n) is 7.11. The van der Waals surface area contributed by atoms with E-state index < -0.39 is 0 Å². The molecule has 1 aromatic rings. The average Bonchev–Trinajstić information content (AvgIpc) is 2.46. The van der Waals surface area contributed by atoms with Crippen molar-refractivity contribution in [1.82, 2.24) is 9.88 Å². The third-order valence-electron chi connectivity index (χ3n) is 3.47. The minimum Gasteiger partial charge on any atom is -0.383 e. The second-order valence-corrected chi connectivity index (χ2v) is 4.70. The van der Waals surface area contributed by atoms with Crippen LogP contribution in [0.5, 0.6) is 0 Å². The molecule has 0 aromatic carbocycles. The van der Waals surface area contributed by atoms with Crippen LogP contribution in [0.25, 0.3) is 0 Å². The smallest absolute Gasteiger partial charge is 0.126 e. The van der Waals surface area contributed by atoms with Crippen molar-refractivity contribution in [3.05, 3.63) is 23.9 Å². The molecule has 1 heterocycles. The molecule has 0 saturated heterocycles. The Hall–Kier alpha value is -1.13. The van der Waals surface area contributed by atoms with Crippen molar-refractivity contribution < 1.29 is 4.74 Å². The first-order valence-corrected chi connectivity index (χ1v) is 7.11. The summed E-state index contributed by atoms with van der Waals surface area (Å²) in [6.45, 7) is 7.08. The van der Waals surface area contributed by atoms with Crippen molar-refractivity contribution in [3.63, 3.8) is 0 Å². The van der Waals surface area contributed by atoms with E-state index in [4.69, 9.17) is 4.74 Å². The molecule has 4 heteroatoms. The molecule has 0 fully saturated rings. The molecule has 108 valence electrons. The van der Waals surface area contributed by atoms with Crippen molar-refractivity contribution in [2.75, 3.05) is 32.6 Å². The van der Waals surface area contributed by atoms with Gasteiger partial charge < -0.3 is 10.1 Å². The minimum absolute atomic E-state index is 0.593. The van der Waals surface area contributed by atoms with Crippen molar-refractivity contribution >= 4 is 5.82 Å². The number of rotatable bonds is 9. The predicted octanol–water partition coefficient (Wildman–Crippen LogP) is 2.76. The number of nitrogens with one attached hydrogen (secondary N) is 1. The molecule has 4 nitrogen and oxygen atoms in total. The van der Waals surface area contributed by atoms with E-state index >= 15 is 0 Å². The molecule has 0 amide bonds. The quantitative estimate of drug-likeness (QED) is 0.745. The van der Waals surface area contributed by atoms with Crippen molar-refractivity contribution in [2.24, 2.45) is 0 Å². The van der Waals surface area contributed by atoms with Gasteiger partial charge in [0, 0.05) is 33.3 Å². The molecular formula is C15H27N3O. The van der Waals surface area contributed by atoms with Gasteiger partial charge >= 0.3 is 0 Å². The van der Waals surface area contributed by atoms with E-state index in [1.165, 1.54) is 0 Å². The van der Waals surface area contributed by atoms with Crippen LogP contribution in [0.4, 0.5) is 5.82 Å². The molecule has 0 bridgehead atoms. The molecule has 0 saturated carbocycles. The highest BCUT2D eigenvalue weighted by atomic mass is 16.5. The van der Waals surface area contributed by atoms with Crippen molar-refractivity contribution in [1.29, 1.82) is 0 Å². The molecular weight excluding hydrogens is 238 g/mol. The van der Waals surface area contributed by atoms with E-state index in [0.29, 0.717) is 6.04 Å². The lowest BCUT2D eigenvalue weighted by Gasteiger charge is -2.30. The summed E-state index contributed by atoms with van der Waals surface area (Å²) < 4.78 is 5.22. The fraction of sp³-hybridized carbons (Fsp3) is 0.667. The number of pyridine rings is 1. The molecule has 0 aliphatic carbocycles. The maximum atomic E-state index is 5.22. The first-order chi connectivity index (χ1) is 9.24. The van der Waals surface area contributed by atoms with E-state index in [0.717, 1.165) is 44.0 Å². The van der Waals surface area contributed by atoms with Gasteiger partial charge in [-0.1, -0.05) is 19.9 Å². The van der Waals surface area contributed by atoms with Gasteiger partial charge in [0.25, 0.3) is 0 Å².